The van der Waals surface area contributed by atoms with E-state index in [1.54, 1.807) is 0 Å². The van der Waals surface area contributed by atoms with Crippen LogP contribution in [0.4, 0.5) is 17.6 Å². The molecule has 0 saturated heterocycles. The summed E-state index contributed by atoms with van der Waals surface area (Å²) < 4.78 is 51.3. The zero-order valence-corrected chi connectivity index (χ0v) is 11.2. The Morgan fingerprint density at radius 2 is 1.85 bits per heavy atom. The van der Waals surface area contributed by atoms with Gasteiger partial charge in [-0.15, -0.1) is 0 Å². The Labute approximate surface area is 115 Å². The maximum atomic E-state index is 13.7. The molecule has 0 aliphatic heterocycles. The van der Waals surface area contributed by atoms with Crippen LogP contribution < -0.4 is 11.3 Å². The number of hydrogen-bond donors (Lipinski definition) is 2. The van der Waals surface area contributed by atoms with Gasteiger partial charge in [-0.2, -0.15) is 13.2 Å². The SMILES string of the molecule is CC1(C(NN)c2ccc(C(F)(F)F)c(F)c2)CCCC1. The smallest absolute Gasteiger partial charge is 0.271 e. The summed E-state index contributed by atoms with van der Waals surface area (Å²) in [5.74, 6) is 4.30. The average molecular weight is 290 g/mol. The normalized spacial score (nSPS) is 20.1. The number of rotatable bonds is 3. The molecule has 1 aromatic rings. The Bertz CT molecular complexity index is 479. The van der Waals surface area contributed by atoms with Gasteiger partial charge in [-0.3, -0.25) is 11.3 Å². The molecule has 112 valence electrons. The number of hydrazine groups is 1. The molecule has 1 fully saturated rings. The van der Waals surface area contributed by atoms with Crippen LogP contribution in [0.15, 0.2) is 18.2 Å². The first-order valence-electron chi connectivity index (χ1n) is 6.61. The number of alkyl halides is 3. The van der Waals surface area contributed by atoms with Crippen molar-refractivity contribution in [3.8, 4) is 0 Å². The van der Waals surface area contributed by atoms with Crippen molar-refractivity contribution in [2.24, 2.45) is 11.3 Å². The number of hydrogen-bond acceptors (Lipinski definition) is 2. The van der Waals surface area contributed by atoms with Gasteiger partial charge in [-0.1, -0.05) is 25.8 Å². The van der Waals surface area contributed by atoms with Crippen LogP contribution in [0.5, 0.6) is 0 Å². The van der Waals surface area contributed by atoms with E-state index in [1.165, 1.54) is 6.07 Å². The molecule has 0 amide bonds. The Balaban J connectivity index is 2.34. The molecule has 1 aliphatic rings. The fourth-order valence-corrected chi connectivity index (χ4v) is 3.11. The molecule has 1 aromatic carbocycles. The maximum absolute atomic E-state index is 13.7. The Kier molecular flexibility index (Phi) is 4.07. The van der Waals surface area contributed by atoms with Gasteiger partial charge in [0.1, 0.15) is 5.82 Å². The summed E-state index contributed by atoms with van der Waals surface area (Å²) in [5, 5.41) is 0. The molecule has 0 spiro atoms. The second kappa shape index (κ2) is 5.33. The van der Waals surface area contributed by atoms with E-state index in [0.717, 1.165) is 37.8 Å². The average Bonchev–Trinajstić information content (AvgIpc) is 2.76. The van der Waals surface area contributed by atoms with Crippen LogP contribution in [-0.4, -0.2) is 0 Å². The van der Waals surface area contributed by atoms with Crippen molar-refractivity contribution in [1.82, 2.24) is 5.43 Å². The van der Waals surface area contributed by atoms with Crippen LogP contribution in [-0.2, 0) is 6.18 Å². The van der Waals surface area contributed by atoms with Crippen molar-refractivity contribution in [2.75, 3.05) is 0 Å². The minimum Gasteiger partial charge on any atom is -0.271 e. The quantitative estimate of drug-likeness (QED) is 0.503. The standard InChI is InChI=1S/C14H18F4N2/c1-13(6-2-3-7-13)12(20-19)9-4-5-10(11(15)8-9)14(16,17)18/h4-5,8,12,20H,2-3,6-7,19H2,1H3. The molecular weight excluding hydrogens is 272 g/mol. The van der Waals surface area contributed by atoms with Gasteiger partial charge in [0, 0.05) is 0 Å². The lowest BCUT2D eigenvalue weighted by molar-refractivity contribution is -0.140. The highest BCUT2D eigenvalue weighted by Gasteiger charge is 2.39. The van der Waals surface area contributed by atoms with Crippen molar-refractivity contribution in [3.63, 3.8) is 0 Å². The lowest BCUT2D eigenvalue weighted by Gasteiger charge is -2.34. The van der Waals surface area contributed by atoms with E-state index in [2.05, 4.69) is 5.43 Å². The monoisotopic (exact) mass is 290 g/mol. The fourth-order valence-electron chi connectivity index (χ4n) is 3.11. The third-order valence-electron chi connectivity index (χ3n) is 4.24. The molecule has 1 aliphatic carbocycles. The van der Waals surface area contributed by atoms with Gasteiger partial charge in [0.05, 0.1) is 11.6 Å². The van der Waals surface area contributed by atoms with Crippen LogP contribution >= 0.6 is 0 Å². The highest BCUT2D eigenvalue weighted by molar-refractivity contribution is 5.29. The van der Waals surface area contributed by atoms with Crippen molar-refractivity contribution < 1.29 is 17.6 Å². The summed E-state index contributed by atoms with van der Waals surface area (Å²) >= 11 is 0. The summed E-state index contributed by atoms with van der Waals surface area (Å²) in [5.41, 5.74) is 1.70. The van der Waals surface area contributed by atoms with Crippen molar-refractivity contribution in [1.29, 1.82) is 0 Å². The van der Waals surface area contributed by atoms with Crippen LogP contribution in [0, 0.1) is 11.2 Å². The van der Waals surface area contributed by atoms with Crippen molar-refractivity contribution in [3.05, 3.63) is 35.1 Å². The fraction of sp³-hybridized carbons (Fsp3) is 0.571. The zero-order chi connectivity index (χ0) is 15.0. The Morgan fingerprint density at radius 1 is 1.25 bits per heavy atom. The Morgan fingerprint density at radius 3 is 2.30 bits per heavy atom. The van der Waals surface area contributed by atoms with E-state index in [-0.39, 0.29) is 11.5 Å². The highest BCUT2D eigenvalue weighted by atomic mass is 19.4. The molecule has 6 heteroatoms. The molecular formula is C14H18F4N2. The third-order valence-corrected chi connectivity index (χ3v) is 4.24. The summed E-state index contributed by atoms with van der Waals surface area (Å²) in [6.07, 6.45) is -0.726. The predicted octanol–water partition coefficient (Wildman–Crippen LogP) is 3.93. The van der Waals surface area contributed by atoms with Gasteiger partial charge in [-0.25, -0.2) is 4.39 Å². The lowest BCUT2D eigenvalue weighted by Crippen LogP contribution is -2.38. The van der Waals surface area contributed by atoms with Gasteiger partial charge in [0.15, 0.2) is 0 Å². The maximum Gasteiger partial charge on any atom is 0.419 e. The van der Waals surface area contributed by atoms with Gasteiger partial charge < -0.3 is 0 Å². The van der Waals surface area contributed by atoms with Crippen LogP contribution in [0.1, 0.15) is 49.8 Å². The molecule has 3 N–H and O–H groups in total. The van der Waals surface area contributed by atoms with Gasteiger partial charge >= 0.3 is 6.18 Å². The molecule has 0 aromatic heterocycles. The predicted molar refractivity (Wildman–Crippen MR) is 68.0 cm³/mol. The largest absolute Gasteiger partial charge is 0.419 e. The second-order valence-corrected chi connectivity index (χ2v) is 5.70. The number of benzene rings is 1. The number of nitrogens with two attached hydrogens (primary N) is 1. The molecule has 2 nitrogen and oxygen atoms in total. The Hall–Kier alpha value is -1.14. The molecule has 2 rings (SSSR count). The highest BCUT2D eigenvalue weighted by Crippen LogP contribution is 2.47. The summed E-state index contributed by atoms with van der Waals surface area (Å²) in [4.78, 5) is 0. The zero-order valence-electron chi connectivity index (χ0n) is 11.2. The topological polar surface area (TPSA) is 38.0 Å². The van der Waals surface area contributed by atoms with E-state index >= 15 is 0 Å². The summed E-state index contributed by atoms with van der Waals surface area (Å²) in [6.45, 7) is 2.03. The number of nitrogens with one attached hydrogen (secondary N) is 1. The minimum absolute atomic E-state index is 0.152. The van der Waals surface area contributed by atoms with Crippen molar-refractivity contribution in [2.45, 2.75) is 44.8 Å². The van der Waals surface area contributed by atoms with E-state index in [1.807, 2.05) is 6.92 Å². The van der Waals surface area contributed by atoms with Crippen molar-refractivity contribution >= 4 is 0 Å². The molecule has 1 saturated carbocycles. The lowest BCUT2D eigenvalue weighted by atomic mass is 9.77. The minimum atomic E-state index is -4.68. The summed E-state index contributed by atoms with van der Waals surface area (Å²) in [6, 6.07) is 2.69. The summed E-state index contributed by atoms with van der Waals surface area (Å²) in [7, 11) is 0. The number of halogens is 4. The van der Waals surface area contributed by atoms with Crippen LogP contribution in [0.3, 0.4) is 0 Å². The molecule has 0 heterocycles. The molecule has 0 radical (unpaired) electrons. The first-order chi connectivity index (χ1) is 9.28. The molecule has 1 atom stereocenters. The first-order valence-corrected chi connectivity index (χ1v) is 6.61. The van der Waals surface area contributed by atoms with E-state index < -0.39 is 17.6 Å². The molecule has 0 bridgehead atoms. The van der Waals surface area contributed by atoms with E-state index in [4.69, 9.17) is 5.84 Å². The third kappa shape index (κ3) is 2.81. The van der Waals surface area contributed by atoms with Crippen LogP contribution in [0.25, 0.3) is 0 Å². The van der Waals surface area contributed by atoms with E-state index in [0.29, 0.717) is 5.56 Å². The second-order valence-electron chi connectivity index (χ2n) is 5.70. The molecule has 20 heavy (non-hydrogen) atoms. The van der Waals surface area contributed by atoms with Gasteiger partial charge in [0.25, 0.3) is 0 Å². The molecule has 1 unspecified atom stereocenters. The van der Waals surface area contributed by atoms with E-state index in [9.17, 15) is 17.6 Å². The van der Waals surface area contributed by atoms with Gasteiger partial charge in [-0.05, 0) is 36.0 Å². The first kappa shape index (κ1) is 15.3. The van der Waals surface area contributed by atoms with Crippen LogP contribution in [0.2, 0.25) is 0 Å². The van der Waals surface area contributed by atoms with Gasteiger partial charge in [0.2, 0.25) is 0 Å².